The van der Waals surface area contributed by atoms with Crippen LogP contribution in [-0.4, -0.2) is 23.6 Å². The highest BCUT2D eigenvalue weighted by atomic mass is 19.1. The molecule has 0 spiro atoms. The Hall–Kier alpha value is -2.17. The molecule has 0 aliphatic rings. The summed E-state index contributed by atoms with van der Waals surface area (Å²) in [5.41, 5.74) is 1.85. The van der Waals surface area contributed by atoms with Gasteiger partial charge >= 0.3 is 0 Å². The highest BCUT2D eigenvalue weighted by Crippen LogP contribution is 2.35. The molecule has 4 nitrogen and oxygen atoms in total. The van der Waals surface area contributed by atoms with Crippen LogP contribution >= 0.6 is 0 Å². The Balaban J connectivity index is 2.53. The number of nitrogens with zero attached hydrogens (tertiary/aromatic N) is 2. The molecule has 0 radical (unpaired) electrons. The zero-order chi connectivity index (χ0) is 14.5. The molecule has 106 valence electrons. The van der Waals surface area contributed by atoms with E-state index in [9.17, 15) is 4.39 Å². The molecule has 20 heavy (non-hydrogen) atoms. The number of hydrogen-bond acceptors (Lipinski definition) is 4. The zero-order valence-corrected chi connectivity index (χ0v) is 11.9. The molecule has 5 heteroatoms. The molecule has 1 aromatic heterocycles. The minimum Gasteiger partial charge on any atom is -0.491 e. The zero-order valence-electron chi connectivity index (χ0n) is 11.9. The Morgan fingerprint density at radius 1 is 1.30 bits per heavy atom. The summed E-state index contributed by atoms with van der Waals surface area (Å²) in [6.45, 7) is 4.58. The van der Waals surface area contributed by atoms with Gasteiger partial charge in [-0.05, 0) is 25.0 Å². The van der Waals surface area contributed by atoms with Gasteiger partial charge in [-0.1, -0.05) is 19.1 Å². The summed E-state index contributed by atoms with van der Waals surface area (Å²) in [7, 11) is 1.56. The van der Waals surface area contributed by atoms with Crippen LogP contribution in [0.25, 0.3) is 11.3 Å². The van der Waals surface area contributed by atoms with Gasteiger partial charge in [0, 0.05) is 12.1 Å². The quantitative estimate of drug-likeness (QED) is 0.908. The smallest absolute Gasteiger partial charge is 0.187 e. The van der Waals surface area contributed by atoms with Crippen molar-refractivity contribution >= 4 is 5.82 Å². The molecule has 0 bridgehead atoms. The fourth-order valence-corrected chi connectivity index (χ4v) is 1.99. The van der Waals surface area contributed by atoms with Crippen molar-refractivity contribution in [3.8, 4) is 17.0 Å². The van der Waals surface area contributed by atoms with Gasteiger partial charge in [0.05, 0.1) is 7.11 Å². The first-order chi connectivity index (χ1) is 9.69. The highest BCUT2D eigenvalue weighted by molar-refractivity contribution is 5.74. The number of ether oxygens (including phenoxy) is 1. The van der Waals surface area contributed by atoms with E-state index in [-0.39, 0.29) is 5.82 Å². The Kier molecular flexibility index (Phi) is 4.50. The van der Waals surface area contributed by atoms with Gasteiger partial charge in [0.1, 0.15) is 17.8 Å². The van der Waals surface area contributed by atoms with E-state index in [1.165, 1.54) is 12.4 Å². The minimum atomic E-state index is -0.258. The Morgan fingerprint density at radius 3 is 2.80 bits per heavy atom. The fraction of sp³-hybridized carbons (Fsp3) is 0.333. The number of hydrogen-bond donors (Lipinski definition) is 1. The lowest BCUT2D eigenvalue weighted by molar-refractivity contribution is 0.414. The van der Waals surface area contributed by atoms with Crippen molar-refractivity contribution in [1.29, 1.82) is 0 Å². The van der Waals surface area contributed by atoms with Crippen LogP contribution in [0.1, 0.15) is 18.9 Å². The number of benzene rings is 1. The van der Waals surface area contributed by atoms with E-state index in [4.69, 9.17) is 4.74 Å². The molecule has 0 saturated heterocycles. The average molecular weight is 275 g/mol. The van der Waals surface area contributed by atoms with Crippen LogP contribution in [0.2, 0.25) is 0 Å². The van der Waals surface area contributed by atoms with Gasteiger partial charge in [-0.25, -0.2) is 14.4 Å². The summed E-state index contributed by atoms with van der Waals surface area (Å²) in [4.78, 5) is 8.43. The topological polar surface area (TPSA) is 47.0 Å². The number of nitrogens with one attached hydrogen (secondary N) is 1. The SMILES string of the molecule is CCCNc1ncnc(-c2cccc(F)c2C)c1OC. The van der Waals surface area contributed by atoms with Crippen LogP contribution < -0.4 is 10.1 Å². The average Bonchev–Trinajstić information content (AvgIpc) is 2.47. The van der Waals surface area contributed by atoms with Crippen LogP contribution in [0.15, 0.2) is 24.5 Å². The summed E-state index contributed by atoms with van der Waals surface area (Å²) in [6.07, 6.45) is 2.43. The Labute approximate surface area is 118 Å². The van der Waals surface area contributed by atoms with Crippen molar-refractivity contribution in [3.05, 3.63) is 35.9 Å². The second-order valence-electron chi connectivity index (χ2n) is 4.44. The van der Waals surface area contributed by atoms with Gasteiger partial charge in [0.2, 0.25) is 0 Å². The Morgan fingerprint density at radius 2 is 2.10 bits per heavy atom. The van der Waals surface area contributed by atoms with Gasteiger partial charge in [-0.3, -0.25) is 0 Å². The lowest BCUT2D eigenvalue weighted by Crippen LogP contribution is -2.06. The van der Waals surface area contributed by atoms with E-state index >= 15 is 0 Å². The maximum atomic E-state index is 13.7. The van der Waals surface area contributed by atoms with Crippen molar-refractivity contribution in [2.24, 2.45) is 0 Å². The number of methoxy groups -OCH3 is 1. The molecule has 0 saturated carbocycles. The van der Waals surface area contributed by atoms with Gasteiger partial charge in [0.25, 0.3) is 0 Å². The maximum Gasteiger partial charge on any atom is 0.187 e. The molecular formula is C15H18FN3O. The molecule has 0 fully saturated rings. The van der Waals surface area contributed by atoms with E-state index in [0.717, 1.165) is 13.0 Å². The molecule has 0 unspecified atom stereocenters. The fourth-order valence-electron chi connectivity index (χ4n) is 1.99. The lowest BCUT2D eigenvalue weighted by atomic mass is 10.0. The third kappa shape index (κ3) is 2.71. The highest BCUT2D eigenvalue weighted by Gasteiger charge is 2.16. The monoisotopic (exact) mass is 275 g/mol. The van der Waals surface area contributed by atoms with Crippen LogP contribution in [0.5, 0.6) is 5.75 Å². The first-order valence-electron chi connectivity index (χ1n) is 6.57. The van der Waals surface area contributed by atoms with Crippen molar-refractivity contribution in [2.75, 3.05) is 19.0 Å². The third-order valence-electron chi connectivity index (χ3n) is 3.07. The molecular weight excluding hydrogens is 257 g/mol. The van der Waals surface area contributed by atoms with E-state index in [1.54, 1.807) is 20.1 Å². The van der Waals surface area contributed by atoms with Gasteiger partial charge in [0.15, 0.2) is 11.6 Å². The molecule has 2 aromatic rings. The normalized spacial score (nSPS) is 10.4. The predicted octanol–water partition coefficient (Wildman–Crippen LogP) is 3.42. The van der Waals surface area contributed by atoms with Gasteiger partial charge in [-0.2, -0.15) is 0 Å². The maximum absolute atomic E-state index is 13.7. The third-order valence-corrected chi connectivity index (χ3v) is 3.07. The molecule has 2 rings (SSSR count). The van der Waals surface area contributed by atoms with E-state index in [0.29, 0.717) is 28.4 Å². The van der Waals surface area contributed by atoms with E-state index in [2.05, 4.69) is 22.2 Å². The summed E-state index contributed by atoms with van der Waals surface area (Å²) in [6, 6.07) is 4.92. The van der Waals surface area contributed by atoms with Crippen LogP contribution in [0, 0.1) is 12.7 Å². The second-order valence-corrected chi connectivity index (χ2v) is 4.44. The van der Waals surface area contributed by atoms with Crippen molar-refractivity contribution in [3.63, 3.8) is 0 Å². The van der Waals surface area contributed by atoms with Crippen molar-refractivity contribution in [1.82, 2.24) is 9.97 Å². The molecule has 0 aliphatic heterocycles. The van der Waals surface area contributed by atoms with Crippen molar-refractivity contribution in [2.45, 2.75) is 20.3 Å². The van der Waals surface area contributed by atoms with Crippen LogP contribution in [0.4, 0.5) is 10.2 Å². The molecule has 0 aliphatic carbocycles. The minimum absolute atomic E-state index is 0.258. The molecule has 1 aromatic carbocycles. The molecule has 0 atom stereocenters. The Bertz CT molecular complexity index is 602. The summed E-state index contributed by atoms with van der Waals surface area (Å²) in [5.74, 6) is 0.906. The standard InChI is InChI=1S/C15H18FN3O/c1-4-8-17-15-14(20-3)13(18-9-19-15)11-6-5-7-12(16)10(11)2/h5-7,9H,4,8H2,1-3H3,(H,17,18,19). The largest absolute Gasteiger partial charge is 0.491 e. The number of anilines is 1. The molecule has 1 N–H and O–H groups in total. The predicted molar refractivity (Wildman–Crippen MR) is 77.5 cm³/mol. The summed E-state index contributed by atoms with van der Waals surface area (Å²) < 4.78 is 19.1. The van der Waals surface area contributed by atoms with Crippen LogP contribution in [-0.2, 0) is 0 Å². The lowest BCUT2D eigenvalue weighted by Gasteiger charge is -2.14. The first-order valence-corrected chi connectivity index (χ1v) is 6.57. The summed E-state index contributed by atoms with van der Waals surface area (Å²) in [5, 5.41) is 3.19. The van der Waals surface area contributed by atoms with Crippen molar-refractivity contribution < 1.29 is 9.13 Å². The molecule has 0 amide bonds. The van der Waals surface area contributed by atoms with E-state index < -0.39 is 0 Å². The number of halogens is 1. The van der Waals surface area contributed by atoms with Gasteiger partial charge < -0.3 is 10.1 Å². The van der Waals surface area contributed by atoms with Crippen LogP contribution in [0.3, 0.4) is 0 Å². The molecule has 1 heterocycles. The van der Waals surface area contributed by atoms with E-state index in [1.807, 2.05) is 6.07 Å². The second kappa shape index (κ2) is 6.32. The van der Waals surface area contributed by atoms with Gasteiger partial charge in [-0.15, -0.1) is 0 Å². The first kappa shape index (κ1) is 14.2. The number of rotatable bonds is 5. The number of aromatic nitrogens is 2. The summed E-state index contributed by atoms with van der Waals surface area (Å²) >= 11 is 0.